The number of aromatic nitrogens is 3. The molecule has 1 aliphatic heterocycles. The van der Waals surface area contributed by atoms with Crippen LogP contribution in [0.2, 0.25) is 0 Å². The molecule has 1 unspecified atom stereocenters. The number of rotatable bonds is 5. The van der Waals surface area contributed by atoms with E-state index in [-0.39, 0.29) is 0 Å². The minimum absolute atomic E-state index is 0.512. The van der Waals surface area contributed by atoms with Crippen molar-refractivity contribution in [1.29, 1.82) is 0 Å². The first kappa shape index (κ1) is 15.5. The van der Waals surface area contributed by atoms with Gasteiger partial charge in [0.15, 0.2) is 5.82 Å². The molecule has 2 aromatic rings. The fourth-order valence-corrected chi connectivity index (χ4v) is 3.01. The zero-order valence-corrected chi connectivity index (χ0v) is 13.7. The predicted octanol–water partition coefficient (Wildman–Crippen LogP) is 3.39. The van der Waals surface area contributed by atoms with Gasteiger partial charge in [0.25, 0.3) is 0 Å². The predicted molar refractivity (Wildman–Crippen MR) is 91.4 cm³/mol. The Morgan fingerprint density at radius 3 is 3.09 bits per heavy atom. The third-order valence-electron chi connectivity index (χ3n) is 4.25. The molecule has 1 saturated heterocycles. The molecule has 1 aliphatic rings. The lowest BCUT2D eigenvalue weighted by Gasteiger charge is -2.34. The molecule has 1 aromatic carbocycles. The highest BCUT2D eigenvalue weighted by atomic mass is 16.5. The fraction of sp³-hybridized carbons (Fsp3) is 0.471. The number of methoxy groups -OCH3 is 1. The van der Waals surface area contributed by atoms with Crippen molar-refractivity contribution in [3.05, 3.63) is 30.5 Å². The first-order valence-corrected chi connectivity index (χ1v) is 8.17. The van der Waals surface area contributed by atoms with Crippen molar-refractivity contribution in [3.63, 3.8) is 0 Å². The van der Waals surface area contributed by atoms with Crippen LogP contribution < -0.4 is 15.0 Å². The number of benzene rings is 1. The summed E-state index contributed by atoms with van der Waals surface area (Å²) in [7, 11) is 1.66. The van der Waals surface area contributed by atoms with Crippen LogP contribution >= 0.6 is 0 Å². The minimum Gasteiger partial charge on any atom is -0.497 e. The SMILES string of the molecule is CCC1CCCCN1c1nncc(Nc2cccc(OC)c2)n1. The molecule has 122 valence electrons. The molecule has 1 atom stereocenters. The summed E-state index contributed by atoms with van der Waals surface area (Å²) in [5, 5.41) is 11.6. The lowest BCUT2D eigenvalue weighted by molar-refractivity contribution is 0.415. The van der Waals surface area contributed by atoms with Gasteiger partial charge in [-0.1, -0.05) is 13.0 Å². The largest absolute Gasteiger partial charge is 0.497 e. The van der Waals surface area contributed by atoms with Gasteiger partial charge in [-0.05, 0) is 37.8 Å². The molecule has 6 nitrogen and oxygen atoms in total. The van der Waals surface area contributed by atoms with Gasteiger partial charge in [0.2, 0.25) is 5.95 Å². The van der Waals surface area contributed by atoms with E-state index in [1.165, 1.54) is 19.3 Å². The van der Waals surface area contributed by atoms with E-state index in [0.29, 0.717) is 17.8 Å². The Morgan fingerprint density at radius 2 is 2.26 bits per heavy atom. The van der Waals surface area contributed by atoms with Crippen LogP contribution in [0, 0.1) is 0 Å². The zero-order valence-electron chi connectivity index (χ0n) is 13.7. The highest BCUT2D eigenvalue weighted by Gasteiger charge is 2.23. The molecule has 0 saturated carbocycles. The highest BCUT2D eigenvalue weighted by molar-refractivity contribution is 5.58. The fourth-order valence-electron chi connectivity index (χ4n) is 3.01. The molecule has 0 spiro atoms. The first-order valence-electron chi connectivity index (χ1n) is 8.17. The van der Waals surface area contributed by atoms with Gasteiger partial charge in [0, 0.05) is 24.3 Å². The van der Waals surface area contributed by atoms with Gasteiger partial charge in [0.05, 0.1) is 13.3 Å². The summed E-state index contributed by atoms with van der Waals surface area (Å²) in [5.74, 6) is 2.22. The molecule has 0 radical (unpaired) electrons. The Morgan fingerprint density at radius 1 is 1.35 bits per heavy atom. The summed E-state index contributed by atoms with van der Waals surface area (Å²) in [4.78, 5) is 6.93. The zero-order chi connectivity index (χ0) is 16.1. The van der Waals surface area contributed by atoms with Gasteiger partial charge in [-0.25, -0.2) is 0 Å². The smallest absolute Gasteiger partial charge is 0.247 e. The monoisotopic (exact) mass is 313 g/mol. The number of anilines is 3. The number of nitrogens with zero attached hydrogens (tertiary/aromatic N) is 4. The van der Waals surface area contributed by atoms with Gasteiger partial charge in [-0.15, -0.1) is 5.10 Å². The van der Waals surface area contributed by atoms with Crippen LogP contribution in [0.15, 0.2) is 30.5 Å². The van der Waals surface area contributed by atoms with Gasteiger partial charge in [-0.2, -0.15) is 10.1 Å². The molecule has 1 N–H and O–H groups in total. The lowest BCUT2D eigenvalue weighted by Crippen LogP contribution is -2.40. The molecule has 2 heterocycles. The van der Waals surface area contributed by atoms with Crippen LogP contribution in [0.25, 0.3) is 0 Å². The van der Waals surface area contributed by atoms with E-state index in [2.05, 4.69) is 32.3 Å². The maximum absolute atomic E-state index is 5.24. The summed E-state index contributed by atoms with van der Waals surface area (Å²) in [6.07, 6.45) is 6.43. The van der Waals surface area contributed by atoms with Crippen molar-refractivity contribution in [2.45, 2.75) is 38.6 Å². The van der Waals surface area contributed by atoms with Crippen LogP contribution in [-0.2, 0) is 0 Å². The summed E-state index contributed by atoms with van der Waals surface area (Å²) in [6.45, 7) is 3.22. The Balaban J connectivity index is 1.79. The lowest BCUT2D eigenvalue weighted by atomic mass is 10.0. The van der Waals surface area contributed by atoms with Crippen LogP contribution in [0.4, 0.5) is 17.5 Å². The number of hydrogen-bond acceptors (Lipinski definition) is 6. The Hall–Kier alpha value is -2.37. The molecule has 0 amide bonds. The second-order valence-corrected chi connectivity index (χ2v) is 5.75. The second kappa shape index (κ2) is 7.26. The quantitative estimate of drug-likeness (QED) is 0.913. The van der Waals surface area contributed by atoms with Gasteiger partial charge in [-0.3, -0.25) is 0 Å². The van der Waals surface area contributed by atoms with Gasteiger partial charge in [0.1, 0.15) is 5.75 Å². The first-order chi connectivity index (χ1) is 11.3. The van der Waals surface area contributed by atoms with E-state index in [1.807, 2.05) is 24.3 Å². The van der Waals surface area contributed by atoms with Crippen LogP contribution in [0.5, 0.6) is 5.75 Å². The minimum atomic E-state index is 0.512. The Bertz CT molecular complexity index is 648. The molecule has 0 bridgehead atoms. The van der Waals surface area contributed by atoms with Gasteiger partial charge < -0.3 is 15.0 Å². The van der Waals surface area contributed by atoms with Crippen molar-refractivity contribution < 1.29 is 4.74 Å². The van der Waals surface area contributed by atoms with E-state index in [0.717, 1.165) is 24.4 Å². The van der Waals surface area contributed by atoms with E-state index >= 15 is 0 Å². The van der Waals surface area contributed by atoms with E-state index < -0.39 is 0 Å². The number of hydrogen-bond donors (Lipinski definition) is 1. The number of piperidine rings is 1. The third-order valence-corrected chi connectivity index (χ3v) is 4.25. The van der Waals surface area contributed by atoms with Crippen molar-refractivity contribution in [2.24, 2.45) is 0 Å². The molecule has 1 fully saturated rings. The molecular formula is C17H23N5O. The summed E-state index contributed by atoms with van der Waals surface area (Å²) in [6, 6.07) is 8.26. The van der Waals surface area contributed by atoms with E-state index in [1.54, 1.807) is 13.3 Å². The standard InChI is InChI=1S/C17H23N5O/c1-3-14-8-4-5-10-22(14)17-20-16(12-18-21-17)19-13-7-6-9-15(11-13)23-2/h6-7,9,11-12,14H,3-5,8,10H2,1-2H3,(H,19,20,21). The van der Waals surface area contributed by atoms with Crippen molar-refractivity contribution in [2.75, 3.05) is 23.9 Å². The van der Waals surface area contributed by atoms with Gasteiger partial charge >= 0.3 is 0 Å². The van der Waals surface area contributed by atoms with Crippen LogP contribution in [0.3, 0.4) is 0 Å². The maximum atomic E-state index is 5.24. The molecule has 6 heteroatoms. The topological polar surface area (TPSA) is 63.2 Å². The third kappa shape index (κ3) is 3.70. The number of ether oxygens (including phenoxy) is 1. The van der Waals surface area contributed by atoms with Crippen molar-refractivity contribution >= 4 is 17.5 Å². The maximum Gasteiger partial charge on any atom is 0.247 e. The normalized spacial score (nSPS) is 17.8. The molecule has 1 aromatic heterocycles. The molecular weight excluding hydrogens is 290 g/mol. The van der Waals surface area contributed by atoms with Crippen molar-refractivity contribution in [3.8, 4) is 5.75 Å². The summed E-state index contributed by atoms with van der Waals surface area (Å²) in [5.41, 5.74) is 0.918. The van der Waals surface area contributed by atoms with Crippen LogP contribution in [-0.4, -0.2) is 34.9 Å². The Kier molecular flexibility index (Phi) is 4.90. The van der Waals surface area contributed by atoms with Crippen molar-refractivity contribution in [1.82, 2.24) is 15.2 Å². The van der Waals surface area contributed by atoms with E-state index in [9.17, 15) is 0 Å². The molecule has 23 heavy (non-hydrogen) atoms. The Labute approximate surface area is 136 Å². The van der Waals surface area contributed by atoms with E-state index in [4.69, 9.17) is 4.74 Å². The average molecular weight is 313 g/mol. The summed E-state index contributed by atoms with van der Waals surface area (Å²) < 4.78 is 5.24. The molecule has 3 rings (SSSR count). The molecule has 0 aliphatic carbocycles. The highest BCUT2D eigenvalue weighted by Crippen LogP contribution is 2.25. The second-order valence-electron chi connectivity index (χ2n) is 5.75. The summed E-state index contributed by atoms with van der Waals surface area (Å²) >= 11 is 0. The number of nitrogens with one attached hydrogen (secondary N) is 1. The van der Waals surface area contributed by atoms with Crippen LogP contribution in [0.1, 0.15) is 32.6 Å². The average Bonchev–Trinajstić information content (AvgIpc) is 2.62.